The van der Waals surface area contributed by atoms with Crippen LogP contribution in [0.4, 0.5) is 0 Å². The molecule has 14 heavy (non-hydrogen) atoms. The van der Waals surface area contributed by atoms with Crippen molar-refractivity contribution in [3.05, 3.63) is 35.4 Å². The van der Waals surface area contributed by atoms with Crippen LogP contribution in [0, 0.1) is 10.8 Å². The average molecular weight is 192 g/mol. The van der Waals surface area contributed by atoms with E-state index in [0.717, 1.165) is 5.57 Å². The zero-order chi connectivity index (χ0) is 12.0. The summed E-state index contributed by atoms with van der Waals surface area (Å²) in [6, 6.07) is 0.714. The Hall–Kier alpha value is -0.780. The molecule has 78 valence electrons. The number of rotatable bonds is 1. The highest BCUT2D eigenvalue weighted by Crippen LogP contribution is 2.47. The van der Waals surface area contributed by atoms with Crippen molar-refractivity contribution in [2.75, 3.05) is 0 Å². The second-order valence-electron chi connectivity index (χ2n) is 5.24. The van der Waals surface area contributed by atoms with Crippen LogP contribution in [-0.4, -0.2) is 0 Å². The molecular formula is C14H22. The topological polar surface area (TPSA) is 0 Å². The first-order valence-corrected chi connectivity index (χ1v) is 5.20. The van der Waals surface area contributed by atoms with Gasteiger partial charge in [-0.05, 0) is 19.4 Å². The molecule has 0 fully saturated rings. The Morgan fingerprint density at radius 1 is 1.21 bits per heavy atom. The van der Waals surface area contributed by atoms with Crippen LogP contribution < -0.4 is 0 Å². The van der Waals surface area contributed by atoms with Gasteiger partial charge >= 0.3 is 0 Å². The van der Waals surface area contributed by atoms with Crippen LogP contribution in [0.25, 0.3) is 0 Å². The summed E-state index contributed by atoms with van der Waals surface area (Å²) in [6.07, 6.45) is 1.85. The monoisotopic (exact) mass is 192 g/mol. The molecule has 0 unspecified atom stereocenters. The fourth-order valence-electron chi connectivity index (χ4n) is 2.03. The van der Waals surface area contributed by atoms with E-state index in [1.54, 1.807) is 0 Å². The molecule has 0 N–H and O–H groups in total. The van der Waals surface area contributed by atoms with E-state index >= 15 is 0 Å². The normalized spacial score (nSPS) is 26.3. The lowest BCUT2D eigenvalue weighted by atomic mass is 9.65. The van der Waals surface area contributed by atoms with E-state index in [1.165, 1.54) is 11.1 Å². The standard InChI is InChI=1S/C14H22/c1-8-12-9-13(4,5)10(2)11(3)14(12,6)7/h8-9H,1H2,2-7H3/i9T. The van der Waals surface area contributed by atoms with Crippen LogP contribution in [0.5, 0.6) is 0 Å². The summed E-state index contributed by atoms with van der Waals surface area (Å²) in [6.45, 7) is 16.8. The predicted octanol–water partition coefficient (Wildman–Crippen LogP) is 4.50. The lowest BCUT2D eigenvalue weighted by Crippen LogP contribution is -2.27. The average Bonchev–Trinajstić information content (AvgIpc) is 2.14. The van der Waals surface area contributed by atoms with Crippen molar-refractivity contribution < 1.29 is 1.37 Å². The molecule has 1 aliphatic rings. The second-order valence-corrected chi connectivity index (χ2v) is 5.24. The molecule has 0 spiro atoms. The zero-order valence-electron chi connectivity index (χ0n) is 11.3. The maximum atomic E-state index is 8.28. The van der Waals surface area contributed by atoms with Crippen molar-refractivity contribution in [1.29, 1.82) is 0 Å². The van der Waals surface area contributed by atoms with Crippen LogP contribution >= 0.6 is 0 Å². The first-order chi connectivity index (χ1) is 6.67. The number of hydrogen-bond acceptors (Lipinski definition) is 0. The van der Waals surface area contributed by atoms with Crippen molar-refractivity contribution in [1.82, 2.24) is 0 Å². The highest BCUT2D eigenvalue weighted by molar-refractivity contribution is 5.44. The van der Waals surface area contributed by atoms with Gasteiger partial charge in [-0.2, -0.15) is 0 Å². The molecule has 0 bridgehead atoms. The lowest BCUT2D eigenvalue weighted by Gasteiger charge is -2.40. The van der Waals surface area contributed by atoms with Gasteiger partial charge in [-0.3, -0.25) is 0 Å². The fraction of sp³-hybridized carbons (Fsp3) is 0.571. The molecule has 0 atom stereocenters. The predicted molar refractivity (Wildman–Crippen MR) is 64.2 cm³/mol. The Kier molecular flexibility index (Phi) is 2.17. The van der Waals surface area contributed by atoms with Gasteiger partial charge in [0.1, 0.15) is 0 Å². The third-order valence-corrected chi connectivity index (χ3v) is 3.76. The summed E-state index contributed by atoms with van der Waals surface area (Å²) in [5.74, 6) is 0. The van der Waals surface area contributed by atoms with Gasteiger partial charge in [0.25, 0.3) is 0 Å². The van der Waals surface area contributed by atoms with Gasteiger partial charge in [-0.15, -0.1) is 0 Å². The summed E-state index contributed by atoms with van der Waals surface area (Å²) in [4.78, 5) is 0. The molecule has 0 heteroatoms. The second kappa shape index (κ2) is 3.12. The Balaban J connectivity index is 3.54. The molecule has 0 radical (unpaired) electrons. The molecule has 0 aromatic carbocycles. The maximum Gasteiger partial charge on any atom is 0.0588 e. The van der Waals surface area contributed by atoms with Crippen molar-refractivity contribution in [3.8, 4) is 0 Å². The van der Waals surface area contributed by atoms with Crippen LogP contribution in [0.3, 0.4) is 0 Å². The quantitative estimate of drug-likeness (QED) is 0.536. The molecule has 1 rings (SSSR count). The van der Waals surface area contributed by atoms with Crippen molar-refractivity contribution >= 4 is 0 Å². The van der Waals surface area contributed by atoms with E-state index in [9.17, 15) is 0 Å². The number of allylic oxidation sites excluding steroid dienone is 5. The van der Waals surface area contributed by atoms with Gasteiger partial charge in [-0.1, -0.05) is 57.5 Å². The molecule has 0 heterocycles. The van der Waals surface area contributed by atoms with Gasteiger partial charge < -0.3 is 0 Å². The highest BCUT2D eigenvalue weighted by Gasteiger charge is 2.34. The Labute approximate surface area is 89.8 Å². The van der Waals surface area contributed by atoms with Gasteiger partial charge in [0.15, 0.2) is 0 Å². The van der Waals surface area contributed by atoms with Crippen LogP contribution in [0.2, 0.25) is 0 Å². The van der Waals surface area contributed by atoms with E-state index in [2.05, 4.69) is 48.1 Å². The molecule has 0 aliphatic heterocycles. The first-order valence-electron chi connectivity index (χ1n) is 5.70. The summed E-state index contributed by atoms with van der Waals surface area (Å²) in [7, 11) is 0. The van der Waals surface area contributed by atoms with E-state index in [1.807, 2.05) is 6.08 Å². The summed E-state index contributed by atoms with van der Waals surface area (Å²) in [5, 5.41) is 0. The summed E-state index contributed by atoms with van der Waals surface area (Å²) in [5.41, 5.74) is 3.57. The van der Waals surface area contributed by atoms with Gasteiger partial charge in [0, 0.05) is 10.8 Å². The largest absolute Gasteiger partial charge is 0.0988 e. The van der Waals surface area contributed by atoms with Gasteiger partial charge in [-0.25, -0.2) is 0 Å². The van der Waals surface area contributed by atoms with Crippen molar-refractivity contribution in [2.24, 2.45) is 10.8 Å². The Bertz CT molecular complexity index is 365. The van der Waals surface area contributed by atoms with E-state index in [4.69, 9.17) is 1.37 Å². The first kappa shape index (κ1) is 9.76. The molecular weight excluding hydrogens is 168 g/mol. The van der Waals surface area contributed by atoms with Crippen molar-refractivity contribution in [2.45, 2.75) is 41.5 Å². The number of hydrogen-bond donors (Lipinski definition) is 0. The summed E-state index contributed by atoms with van der Waals surface area (Å²) < 4.78 is 8.28. The van der Waals surface area contributed by atoms with Gasteiger partial charge in [0.05, 0.1) is 1.37 Å². The van der Waals surface area contributed by atoms with Crippen LogP contribution in [-0.2, 0) is 0 Å². The molecule has 0 aromatic heterocycles. The molecule has 0 nitrogen and oxygen atoms in total. The van der Waals surface area contributed by atoms with E-state index in [-0.39, 0.29) is 10.8 Å². The maximum absolute atomic E-state index is 8.28. The third-order valence-electron chi connectivity index (χ3n) is 3.76. The smallest absolute Gasteiger partial charge is 0.0588 e. The van der Waals surface area contributed by atoms with E-state index < -0.39 is 0 Å². The molecule has 0 amide bonds. The van der Waals surface area contributed by atoms with Crippen LogP contribution in [0.1, 0.15) is 42.9 Å². The molecule has 1 aliphatic carbocycles. The molecule has 0 saturated heterocycles. The SMILES string of the molecule is [3H]C1=C(C=C)C(C)(C)C(C)=C(C)C1(C)C. The summed E-state index contributed by atoms with van der Waals surface area (Å²) >= 11 is 0. The van der Waals surface area contributed by atoms with Crippen molar-refractivity contribution in [3.63, 3.8) is 0 Å². The van der Waals surface area contributed by atoms with Crippen LogP contribution in [0.15, 0.2) is 35.4 Å². The molecule has 0 saturated carbocycles. The minimum Gasteiger partial charge on any atom is -0.0988 e. The third kappa shape index (κ3) is 1.47. The Morgan fingerprint density at radius 3 is 2.14 bits per heavy atom. The zero-order valence-corrected chi connectivity index (χ0v) is 10.3. The van der Waals surface area contributed by atoms with Gasteiger partial charge in [0.2, 0.25) is 0 Å². The lowest BCUT2D eigenvalue weighted by molar-refractivity contribution is 0.458. The molecule has 0 aromatic rings. The minimum absolute atomic E-state index is 0.0432. The van der Waals surface area contributed by atoms with E-state index in [0.29, 0.717) is 6.05 Å². The fourth-order valence-corrected chi connectivity index (χ4v) is 2.03. The highest BCUT2D eigenvalue weighted by atomic mass is 14.4. The Morgan fingerprint density at radius 2 is 1.71 bits per heavy atom. The minimum atomic E-state index is -0.150.